The van der Waals surface area contributed by atoms with E-state index in [-0.39, 0.29) is 0 Å². The minimum Gasteiger partial charge on any atom is -0.309 e. The maximum atomic E-state index is 10.4. The molecule has 2 heterocycles. The molecule has 6 aromatic carbocycles. The molecule has 0 unspecified atom stereocenters. The lowest BCUT2D eigenvalue weighted by Gasteiger charge is -2.17. The quantitative estimate of drug-likeness (QED) is 0.219. The number of nitriles is 2. The molecular formula is C38H21N3S. The Morgan fingerprint density at radius 1 is 0.500 bits per heavy atom. The molecule has 3 nitrogen and oxygen atoms in total. The van der Waals surface area contributed by atoms with Crippen LogP contribution >= 0.6 is 11.3 Å². The van der Waals surface area contributed by atoms with Crippen molar-refractivity contribution in [3.8, 4) is 40.1 Å². The monoisotopic (exact) mass is 551 g/mol. The molecule has 42 heavy (non-hydrogen) atoms. The molecule has 0 aliphatic heterocycles. The maximum Gasteiger partial charge on any atom is 0.0998 e. The van der Waals surface area contributed by atoms with E-state index in [0.29, 0.717) is 11.1 Å². The number of para-hydroxylation sites is 2. The van der Waals surface area contributed by atoms with Crippen molar-refractivity contribution in [3.05, 3.63) is 139 Å². The van der Waals surface area contributed by atoms with Crippen LogP contribution in [0, 0.1) is 22.7 Å². The SMILES string of the molecule is N#Cc1cc(-c2ccc3sc4ccccc4c3c2)ccc1-c1c(C#N)cccc1-n1c2ccccc2c2ccccc21. The Morgan fingerprint density at radius 2 is 1.12 bits per heavy atom. The van der Waals surface area contributed by atoms with Gasteiger partial charge >= 0.3 is 0 Å². The van der Waals surface area contributed by atoms with E-state index in [2.05, 4.69) is 102 Å². The first-order valence-electron chi connectivity index (χ1n) is 13.7. The molecule has 194 valence electrons. The van der Waals surface area contributed by atoms with Gasteiger partial charge in [0.2, 0.25) is 0 Å². The van der Waals surface area contributed by atoms with Gasteiger partial charge in [0.15, 0.2) is 0 Å². The minimum absolute atomic E-state index is 0.532. The van der Waals surface area contributed by atoms with Crippen LogP contribution in [-0.4, -0.2) is 4.57 Å². The Labute approximate surface area is 246 Å². The highest BCUT2D eigenvalue weighted by molar-refractivity contribution is 7.25. The second kappa shape index (κ2) is 9.46. The lowest BCUT2D eigenvalue weighted by atomic mass is 9.91. The zero-order valence-corrected chi connectivity index (χ0v) is 23.2. The zero-order chi connectivity index (χ0) is 28.2. The van der Waals surface area contributed by atoms with Crippen molar-refractivity contribution in [2.75, 3.05) is 0 Å². The average Bonchev–Trinajstić information content (AvgIpc) is 3.59. The second-order valence-corrected chi connectivity index (χ2v) is 11.4. The van der Waals surface area contributed by atoms with E-state index < -0.39 is 0 Å². The van der Waals surface area contributed by atoms with Crippen molar-refractivity contribution in [1.82, 2.24) is 4.57 Å². The molecule has 4 heteroatoms. The highest BCUT2D eigenvalue weighted by atomic mass is 32.1. The number of fused-ring (bicyclic) bond motifs is 6. The van der Waals surface area contributed by atoms with Crippen LogP contribution in [0.1, 0.15) is 11.1 Å². The fourth-order valence-corrected chi connectivity index (χ4v) is 7.31. The summed E-state index contributed by atoms with van der Waals surface area (Å²) in [7, 11) is 0. The Morgan fingerprint density at radius 3 is 1.86 bits per heavy atom. The first-order chi connectivity index (χ1) is 20.7. The van der Waals surface area contributed by atoms with Crippen LogP contribution in [-0.2, 0) is 0 Å². The van der Waals surface area contributed by atoms with Crippen LogP contribution < -0.4 is 0 Å². The van der Waals surface area contributed by atoms with E-state index >= 15 is 0 Å². The van der Waals surface area contributed by atoms with Crippen LogP contribution in [0.3, 0.4) is 0 Å². The Hall–Kier alpha value is -5.68. The minimum atomic E-state index is 0.532. The lowest BCUT2D eigenvalue weighted by molar-refractivity contribution is 1.18. The smallest absolute Gasteiger partial charge is 0.0998 e. The number of nitrogens with zero attached hydrogens (tertiary/aromatic N) is 3. The molecule has 0 spiro atoms. The molecule has 0 bridgehead atoms. The van der Waals surface area contributed by atoms with E-state index in [0.717, 1.165) is 49.7 Å². The maximum absolute atomic E-state index is 10.4. The predicted molar refractivity (Wildman–Crippen MR) is 174 cm³/mol. The number of benzene rings is 6. The first kappa shape index (κ1) is 24.1. The third-order valence-corrected chi connectivity index (χ3v) is 9.26. The third-order valence-electron chi connectivity index (χ3n) is 8.10. The summed E-state index contributed by atoms with van der Waals surface area (Å²) >= 11 is 1.79. The van der Waals surface area contributed by atoms with Crippen molar-refractivity contribution in [2.45, 2.75) is 0 Å². The standard InChI is InChI=1S/C38H21N3S/c39-22-26-8-7-14-35(41-33-12-4-1-9-29(33)30-10-2-5-13-34(30)41)38(26)28-18-16-24(20-27(28)23-40)25-17-19-37-32(21-25)31-11-3-6-15-36(31)42-37/h1-21H. The number of hydrogen-bond donors (Lipinski definition) is 0. The summed E-state index contributed by atoms with van der Waals surface area (Å²) in [5.74, 6) is 0. The van der Waals surface area contributed by atoms with Gasteiger partial charge in [-0.15, -0.1) is 11.3 Å². The molecule has 0 saturated carbocycles. The Bertz CT molecular complexity index is 2390. The summed E-state index contributed by atoms with van der Waals surface area (Å²) in [6.45, 7) is 0. The fraction of sp³-hybridized carbons (Fsp3) is 0. The van der Waals surface area contributed by atoms with Gasteiger partial charge in [-0.1, -0.05) is 78.9 Å². The van der Waals surface area contributed by atoms with Gasteiger partial charge in [0.05, 0.1) is 40.0 Å². The van der Waals surface area contributed by atoms with Crippen LogP contribution in [0.5, 0.6) is 0 Å². The second-order valence-electron chi connectivity index (χ2n) is 10.4. The Balaban J connectivity index is 1.35. The summed E-state index contributed by atoms with van der Waals surface area (Å²) in [4.78, 5) is 0. The van der Waals surface area contributed by atoms with E-state index in [1.807, 2.05) is 42.5 Å². The third kappa shape index (κ3) is 3.57. The summed E-state index contributed by atoms with van der Waals surface area (Å²) in [5.41, 5.74) is 7.60. The molecule has 8 rings (SSSR count). The predicted octanol–water partition coefficient (Wildman–Crippen LogP) is 10.2. The van der Waals surface area contributed by atoms with E-state index in [4.69, 9.17) is 0 Å². The average molecular weight is 552 g/mol. The van der Waals surface area contributed by atoms with E-state index in [1.165, 1.54) is 20.2 Å². The Kier molecular flexibility index (Phi) is 5.44. The van der Waals surface area contributed by atoms with Crippen molar-refractivity contribution in [2.24, 2.45) is 0 Å². The summed E-state index contributed by atoms with van der Waals surface area (Å²) < 4.78 is 4.73. The van der Waals surface area contributed by atoms with Gasteiger partial charge in [-0.25, -0.2) is 0 Å². The zero-order valence-electron chi connectivity index (χ0n) is 22.4. The highest BCUT2D eigenvalue weighted by Crippen LogP contribution is 2.41. The van der Waals surface area contributed by atoms with E-state index in [1.54, 1.807) is 11.3 Å². The van der Waals surface area contributed by atoms with Crippen LogP contribution in [0.15, 0.2) is 127 Å². The highest BCUT2D eigenvalue weighted by Gasteiger charge is 2.20. The summed E-state index contributed by atoms with van der Waals surface area (Å²) in [5, 5.41) is 25.4. The molecule has 2 aromatic heterocycles. The van der Waals surface area contributed by atoms with Crippen LogP contribution in [0.25, 0.3) is 69.9 Å². The molecule has 0 fully saturated rings. The summed E-state index contributed by atoms with van der Waals surface area (Å²) in [6, 6.07) is 48.3. The molecular weight excluding hydrogens is 531 g/mol. The largest absolute Gasteiger partial charge is 0.309 e. The number of aromatic nitrogens is 1. The van der Waals surface area contributed by atoms with E-state index in [9.17, 15) is 10.5 Å². The van der Waals surface area contributed by atoms with Gasteiger partial charge in [0, 0.05) is 42.1 Å². The van der Waals surface area contributed by atoms with Crippen molar-refractivity contribution >= 4 is 53.3 Å². The molecule has 0 atom stereocenters. The van der Waals surface area contributed by atoms with Gasteiger partial charge < -0.3 is 4.57 Å². The van der Waals surface area contributed by atoms with Gasteiger partial charge in [-0.2, -0.15) is 10.5 Å². The normalized spacial score (nSPS) is 11.3. The van der Waals surface area contributed by atoms with Crippen LogP contribution in [0.2, 0.25) is 0 Å². The van der Waals surface area contributed by atoms with Gasteiger partial charge in [0.1, 0.15) is 0 Å². The van der Waals surface area contributed by atoms with Crippen molar-refractivity contribution in [3.63, 3.8) is 0 Å². The molecule has 0 aliphatic carbocycles. The molecule has 0 N–H and O–H groups in total. The van der Waals surface area contributed by atoms with Crippen LogP contribution in [0.4, 0.5) is 0 Å². The molecule has 0 radical (unpaired) electrons. The molecule has 8 aromatic rings. The van der Waals surface area contributed by atoms with Crippen molar-refractivity contribution in [1.29, 1.82) is 10.5 Å². The van der Waals surface area contributed by atoms with Gasteiger partial charge in [-0.05, 0) is 59.7 Å². The number of thiophene rings is 1. The lowest BCUT2D eigenvalue weighted by Crippen LogP contribution is -2.00. The first-order valence-corrected chi connectivity index (χ1v) is 14.5. The molecule has 0 saturated heterocycles. The van der Waals surface area contributed by atoms with Gasteiger partial charge in [-0.3, -0.25) is 0 Å². The fourth-order valence-electron chi connectivity index (χ4n) is 6.22. The molecule has 0 amide bonds. The molecule has 0 aliphatic rings. The summed E-state index contributed by atoms with van der Waals surface area (Å²) in [6.07, 6.45) is 0. The van der Waals surface area contributed by atoms with Gasteiger partial charge in [0.25, 0.3) is 0 Å². The number of hydrogen-bond acceptors (Lipinski definition) is 3. The topological polar surface area (TPSA) is 52.5 Å². The number of rotatable bonds is 3. The van der Waals surface area contributed by atoms with Crippen molar-refractivity contribution < 1.29 is 0 Å².